The first-order valence-electron chi connectivity index (χ1n) is 6.73. The molecule has 1 aromatic rings. The highest BCUT2D eigenvalue weighted by molar-refractivity contribution is 5.78. The highest BCUT2D eigenvalue weighted by atomic mass is 16.5. The number of benzene rings is 1. The van der Waals surface area contributed by atoms with Gasteiger partial charge in [0.15, 0.2) is 6.61 Å². The summed E-state index contributed by atoms with van der Waals surface area (Å²) in [5, 5.41) is 5.41. The smallest absolute Gasteiger partial charge is 0.258 e. The molecule has 0 aliphatic heterocycles. The van der Waals surface area contributed by atoms with E-state index in [2.05, 4.69) is 10.6 Å². The molecule has 2 amide bonds. The average Bonchev–Trinajstić information content (AvgIpc) is 2.41. The van der Waals surface area contributed by atoms with Crippen LogP contribution in [-0.2, 0) is 9.59 Å². The Kier molecular flexibility index (Phi) is 6.56. The van der Waals surface area contributed by atoms with Crippen molar-refractivity contribution in [3.63, 3.8) is 0 Å². The zero-order chi connectivity index (χ0) is 15.0. The van der Waals surface area contributed by atoms with Crippen LogP contribution < -0.4 is 15.4 Å². The largest absolute Gasteiger partial charge is 0.484 e. The Labute approximate surface area is 119 Å². The number of aryl methyl sites for hydroxylation is 1. The van der Waals surface area contributed by atoms with Gasteiger partial charge < -0.3 is 15.4 Å². The summed E-state index contributed by atoms with van der Waals surface area (Å²) in [5.41, 5.74) is 1.08. The van der Waals surface area contributed by atoms with Gasteiger partial charge in [0, 0.05) is 19.0 Å². The Morgan fingerprint density at radius 1 is 1.20 bits per heavy atom. The van der Waals surface area contributed by atoms with E-state index in [1.165, 1.54) is 0 Å². The number of carbonyl (C=O) groups excluding carboxylic acids is 2. The fraction of sp³-hybridized carbons (Fsp3) is 0.467. The van der Waals surface area contributed by atoms with Gasteiger partial charge >= 0.3 is 0 Å². The predicted molar refractivity (Wildman–Crippen MR) is 77.5 cm³/mol. The van der Waals surface area contributed by atoms with E-state index in [1.807, 2.05) is 45.0 Å². The van der Waals surface area contributed by atoms with Crippen LogP contribution >= 0.6 is 0 Å². The van der Waals surface area contributed by atoms with Crippen LogP contribution in [0.4, 0.5) is 0 Å². The van der Waals surface area contributed by atoms with E-state index in [4.69, 9.17) is 4.74 Å². The molecule has 0 heterocycles. The van der Waals surface area contributed by atoms with Crippen LogP contribution in [0.25, 0.3) is 0 Å². The highest BCUT2D eigenvalue weighted by Crippen LogP contribution is 2.11. The molecule has 110 valence electrons. The lowest BCUT2D eigenvalue weighted by molar-refractivity contribution is -0.125. The summed E-state index contributed by atoms with van der Waals surface area (Å²) in [6, 6.07) is 7.52. The summed E-state index contributed by atoms with van der Waals surface area (Å²) >= 11 is 0. The first-order valence-corrected chi connectivity index (χ1v) is 6.73. The van der Waals surface area contributed by atoms with Crippen LogP contribution in [0.5, 0.6) is 5.75 Å². The number of carbonyl (C=O) groups is 2. The number of nitrogens with one attached hydrogen (secondary N) is 2. The zero-order valence-corrected chi connectivity index (χ0v) is 12.2. The Bertz CT molecular complexity index is 458. The van der Waals surface area contributed by atoms with E-state index in [-0.39, 0.29) is 24.3 Å². The van der Waals surface area contributed by atoms with Gasteiger partial charge in [0.1, 0.15) is 5.75 Å². The normalized spacial score (nSPS) is 10.2. The van der Waals surface area contributed by atoms with E-state index in [9.17, 15) is 9.59 Å². The molecular weight excluding hydrogens is 256 g/mol. The van der Waals surface area contributed by atoms with Crippen molar-refractivity contribution in [1.82, 2.24) is 10.6 Å². The monoisotopic (exact) mass is 278 g/mol. The Morgan fingerprint density at radius 3 is 2.55 bits per heavy atom. The van der Waals surface area contributed by atoms with Gasteiger partial charge in [0.05, 0.1) is 0 Å². The number of hydrogen-bond acceptors (Lipinski definition) is 3. The van der Waals surface area contributed by atoms with Gasteiger partial charge in [0.2, 0.25) is 5.91 Å². The van der Waals surface area contributed by atoms with Gasteiger partial charge in [-0.05, 0) is 24.6 Å². The molecule has 0 aliphatic carbocycles. The van der Waals surface area contributed by atoms with Crippen LogP contribution in [-0.4, -0.2) is 31.5 Å². The Morgan fingerprint density at radius 2 is 1.90 bits per heavy atom. The summed E-state index contributed by atoms with van der Waals surface area (Å²) in [6.45, 7) is 6.40. The van der Waals surface area contributed by atoms with E-state index in [1.54, 1.807) is 0 Å². The number of amides is 2. The molecule has 5 nitrogen and oxygen atoms in total. The second-order valence-electron chi connectivity index (χ2n) is 4.90. The van der Waals surface area contributed by atoms with E-state index in [0.717, 1.165) is 5.56 Å². The fourth-order valence-corrected chi connectivity index (χ4v) is 1.50. The lowest BCUT2D eigenvalue weighted by Gasteiger charge is -2.09. The molecule has 0 unspecified atom stereocenters. The summed E-state index contributed by atoms with van der Waals surface area (Å²) < 4.78 is 5.37. The first-order chi connectivity index (χ1) is 9.49. The minimum absolute atomic E-state index is 0.0183. The lowest BCUT2D eigenvalue weighted by Crippen LogP contribution is -2.38. The van der Waals surface area contributed by atoms with E-state index >= 15 is 0 Å². The van der Waals surface area contributed by atoms with E-state index < -0.39 is 0 Å². The van der Waals surface area contributed by atoms with Gasteiger partial charge in [-0.2, -0.15) is 0 Å². The molecule has 0 fully saturated rings. The second kappa shape index (κ2) is 8.19. The van der Waals surface area contributed by atoms with Gasteiger partial charge in [0.25, 0.3) is 5.91 Å². The Balaban J connectivity index is 2.16. The lowest BCUT2D eigenvalue weighted by atomic mass is 10.2. The van der Waals surface area contributed by atoms with Crippen molar-refractivity contribution in [2.75, 3.05) is 19.7 Å². The van der Waals surface area contributed by atoms with Gasteiger partial charge in [-0.1, -0.05) is 26.0 Å². The third-order valence-electron chi connectivity index (χ3n) is 2.63. The molecule has 20 heavy (non-hydrogen) atoms. The summed E-state index contributed by atoms with van der Waals surface area (Å²) in [5.74, 6) is 0.407. The van der Waals surface area contributed by atoms with Crippen molar-refractivity contribution >= 4 is 11.8 Å². The van der Waals surface area contributed by atoms with Crippen molar-refractivity contribution < 1.29 is 14.3 Å². The maximum atomic E-state index is 11.5. The zero-order valence-electron chi connectivity index (χ0n) is 12.2. The SMILES string of the molecule is Cc1cccc(OCC(=O)NCCNC(=O)C(C)C)c1. The molecule has 0 radical (unpaired) electrons. The predicted octanol–water partition coefficient (Wildman–Crippen LogP) is 1.26. The molecule has 1 rings (SSSR count). The van der Waals surface area contributed by atoms with Gasteiger partial charge in [-0.3, -0.25) is 9.59 Å². The maximum Gasteiger partial charge on any atom is 0.258 e. The van der Waals surface area contributed by atoms with Crippen LogP contribution in [0.15, 0.2) is 24.3 Å². The molecule has 0 aliphatic rings. The fourth-order valence-electron chi connectivity index (χ4n) is 1.50. The third-order valence-corrected chi connectivity index (χ3v) is 2.63. The molecule has 5 heteroatoms. The van der Waals surface area contributed by atoms with Crippen molar-refractivity contribution in [2.24, 2.45) is 5.92 Å². The van der Waals surface area contributed by atoms with Crippen LogP contribution in [0.2, 0.25) is 0 Å². The third kappa shape index (κ3) is 6.22. The highest BCUT2D eigenvalue weighted by Gasteiger charge is 2.06. The molecule has 0 atom stereocenters. The minimum atomic E-state index is -0.203. The molecule has 2 N–H and O–H groups in total. The standard InChI is InChI=1S/C15H22N2O3/c1-11(2)15(19)17-8-7-16-14(18)10-20-13-6-4-5-12(3)9-13/h4-6,9,11H,7-8,10H2,1-3H3,(H,16,18)(H,17,19). The molecule has 1 aromatic carbocycles. The van der Waals surface area contributed by atoms with E-state index in [0.29, 0.717) is 18.8 Å². The van der Waals surface area contributed by atoms with Crippen LogP contribution in [0.3, 0.4) is 0 Å². The average molecular weight is 278 g/mol. The molecule has 0 saturated carbocycles. The summed E-state index contributed by atoms with van der Waals surface area (Å²) in [6.07, 6.45) is 0. The Hall–Kier alpha value is -2.04. The quantitative estimate of drug-likeness (QED) is 0.738. The molecule has 0 aromatic heterocycles. The maximum absolute atomic E-state index is 11.5. The molecule has 0 bridgehead atoms. The van der Waals surface area contributed by atoms with Crippen LogP contribution in [0.1, 0.15) is 19.4 Å². The second-order valence-corrected chi connectivity index (χ2v) is 4.90. The first kappa shape index (κ1) is 16.0. The topological polar surface area (TPSA) is 67.4 Å². The molecule has 0 spiro atoms. The van der Waals surface area contributed by atoms with Gasteiger partial charge in [-0.25, -0.2) is 0 Å². The molecule has 0 saturated heterocycles. The van der Waals surface area contributed by atoms with Crippen molar-refractivity contribution in [1.29, 1.82) is 0 Å². The number of rotatable bonds is 7. The summed E-state index contributed by atoms with van der Waals surface area (Å²) in [4.78, 5) is 22.8. The minimum Gasteiger partial charge on any atom is -0.484 e. The van der Waals surface area contributed by atoms with Crippen LogP contribution in [0, 0.1) is 12.8 Å². The summed E-state index contributed by atoms with van der Waals surface area (Å²) in [7, 11) is 0. The number of ether oxygens (including phenoxy) is 1. The molecular formula is C15H22N2O3. The van der Waals surface area contributed by atoms with Crippen molar-refractivity contribution in [3.05, 3.63) is 29.8 Å². The van der Waals surface area contributed by atoms with Gasteiger partial charge in [-0.15, -0.1) is 0 Å². The van der Waals surface area contributed by atoms with Crippen molar-refractivity contribution in [3.8, 4) is 5.75 Å². The number of hydrogen-bond donors (Lipinski definition) is 2. The van der Waals surface area contributed by atoms with Crippen molar-refractivity contribution in [2.45, 2.75) is 20.8 Å².